The Morgan fingerprint density at radius 2 is 0.733 bits per heavy atom. The Kier molecular flexibility index (Phi) is 6.73. The zero-order valence-electron chi connectivity index (χ0n) is 32.3. The van der Waals surface area contributed by atoms with Crippen LogP contribution in [0.4, 0.5) is 0 Å². The van der Waals surface area contributed by atoms with E-state index in [9.17, 15) is 5.26 Å². The van der Waals surface area contributed by atoms with E-state index in [-0.39, 0.29) is 0 Å². The lowest BCUT2D eigenvalue weighted by Crippen LogP contribution is -1.96. The van der Waals surface area contributed by atoms with Crippen molar-refractivity contribution >= 4 is 87.2 Å². The lowest BCUT2D eigenvalue weighted by molar-refractivity contribution is 1.16. The second kappa shape index (κ2) is 12.3. The standard InChI is InChI=1S/C55H33N5/c56-34-35-32-50-53(55-51(35)42-23-11-15-27-47(42)60(55)38-20-8-3-9-21-38)44-33-39(28-30-48(44)57(50)36-16-4-1-5-17-36)58-46-26-14-12-24-43(46)52-49(58)31-29-41-40-22-10-13-25-45(40)59(54(41)52)37-18-6-2-7-19-37/h1-33H. The second-order valence-corrected chi connectivity index (χ2v) is 15.6. The van der Waals surface area contributed by atoms with Gasteiger partial charge in [-0.15, -0.1) is 0 Å². The number of para-hydroxylation sites is 6. The minimum Gasteiger partial charge on any atom is -0.309 e. The van der Waals surface area contributed by atoms with Crippen LogP contribution in [0.3, 0.4) is 0 Å². The van der Waals surface area contributed by atoms with Crippen molar-refractivity contribution in [3.8, 4) is 28.8 Å². The normalized spacial score (nSPS) is 12.0. The molecule has 0 saturated carbocycles. The predicted octanol–water partition coefficient (Wildman–Crippen LogP) is 13.9. The first-order valence-electron chi connectivity index (χ1n) is 20.3. The molecule has 13 rings (SSSR count). The molecule has 0 atom stereocenters. The van der Waals surface area contributed by atoms with Crippen LogP contribution in [0.2, 0.25) is 0 Å². The largest absolute Gasteiger partial charge is 0.309 e. The van der Waals surface area contributed by atoms with Crippen molar-refractivity contribution < 1.29 is 0 Å². The summed E-state index contributed by atoms with van der Waals surface area (Å²) in [6.45, 7) is 0. The topological polar surface area (TPSA) is 43.5 Å². The summed E-state index contributed by atoms with van der Waals surface area (Å²) in [6.07, 6.45) is 0. The summed E-state index contributed by atoms with van der Waals surface area (Å²) in [5.74, 6) is 0. The van der Waals surface area contributed by atoms with Gasteiger partial charge in [-0.2, -0.15) is 5.26 Å². The van der Waals surface area contributed by atoms with E-state index in [2.05, 4.69) is 225 Å². The van der Waals surface area contributed by atoms with Gasteiger partial charge in [-0.25, -0.2) is 0 Å². The smallest absolute Gasteiger partial charge is 0.0999 e. The SMILES string of the molecule is N#Cc1cc2c(c3cc(-n4c5ccccc5c5c4ccc4c6ccccc6n(-c6ccccc6)c45)ccc3n2-c2ccccc2)c2c1c1ccccc1n2-c1ccccc1. The third-order valence-electron chi connectivity index (χ3n) is 12.5. The molecule has 13 aromatic rings. The summed E-state index contributed by atoms with van der Waals surface area (Å²) in [7, 11) is 0. The highest BCUT2D eigenvalue weighted by molar-refractivity contribution is 6.29. The van der Waals surface area contributed by atoms with Crippen molar-refractivity contribution in [2.45, 2.75) is 0 Å². The van der Waals surface area contributed by atoms with Gasteiger partial charge < -0.3 is 18.3 Å². The molecule has 9 aromatic carbocycles. The first kappa shape index (κ1) is 32.7. The molecule has 4 aromatic heterocycles. The van der Waals surface area contributed by atoms with E-state index in [0.717, 1.165) is 77.4 Å². The van der Waals surface area contributed by atoms with Crippen molar-refractivity contribution in [3.05, 3.63) is 206 Å². The quantitative estimate of drug-likeness (QED) is 0.176. The third kappa shape index (κ3) is 4.34. The van der Waals surface area contributed by atoms with Gasteiger partial charge in [-0.05, 0) is 84.9 Å². The van der Waals surface area contributed by atoms with Crippen molar-refractivity contribution in [2.75, 3.05) is 0 Å². The molecule has 0 spiro atoms. The number of fused-ring (bicyclic) bond motifs is 14. The Morgan fingerprint density at radius 3 is 1.37 bits per heavy atom. The minimum absolute atomic E-state index is 0.656. The summed E-state index contributed by atoms with van der Waals surface area (Å²) in [5, 5.41) is 20.0. The first-order valence-corrected chi connectivity index (χ1v) is 20.3. The van der Waals surface area contributed by atoms with Gasteiger partial charge in [-0.1, -0.05) is 115 Å². The number of benzene rings is 9. The fourth-order valence-corrected chi connectivity index (χ4v) is 10.2. The zero-order chi connectivity index (χ0) is 39.5. The molecule has 4 heterocycles. The Morgan fingerprint density at radius 1 is 0.283 bits per heavy atom. The number of hydrogen-bond donors (Lipinski definition) is 0. The van der Waals surface area contributed by atoms with Crippen LogP contribution in [0.25, 0.3) is 110 Å². The van der Waals surface area contributed by atoms with Crippen molar-refractivity contribution in [1.82, 2.24) is 18.3 Å². The van der Waals surface area contributed by atoms with E-state index in [4.69, 9.17) is 0 Å². The first-order chi connectivity index (χ1) is 29.8. The van der Waals surface area contributed by atoms with E-state index in [1.165, 1.54) is 32.6 Å². The molecule has 278 valence electrons. The second-order valence-electron chi connectivity index (χ2n) is 15.6. The van der Waals surface area contributed by atoms with Gasteiger partial charge >= 0.3 is 0 Å². The van der Waals surface area contributed by atoms with Crippen LogP contribution >= 0.6 is 0 Å². The Bertz CT molecular complexity index is 3930. The molecule has 5 nitrogen and oxygen atoms in total. The molecule has 0 unspecified atom stereocenters. The Labute approximate surface area is 344 Å². The van der Waals surface area contributed by atoms with Gasteiger partial charge in [0.25, 0.3) is 0 Å². The van der Waals surface area contributed by atoms with Gasteiger partial charge in [0.1, 0.15) is 0 Å². The summed E-state index contributed by atoms with van der Waals surface area (Å²) in [6, 6.07) is 74.1. The maximum atomic E-state index is 10.9. The summed E-state index contributed by atoms with van der Waals surface area (Å²) in [5.41, 5.74) is 13.8. The zero-order valence-corrected chi connectivity index (χ0v) is 32.3. The molecular weight excluding hydrogens is 731 g/mol. The number of hydrogen-bond acceptors (Lipinski definition) is 1. The molecule has 0 amide bonds. The molecule has 0 aliphatic rings. The monoisotopic (exact) mass is 763 g/mol. The Hall–Kier alpha value is -8.33. The molecule has 0 fully saturated rings. The molecule has 5 heteroatoms. The number of nitriles is 1. The van der Waals surface area contributed by atoms with Crippen LogP contribution in [0, 0.1) is 11.3 Å². The number of rotatable bonds is 4. The maximum absolute atomic E-state index is 10.9. The van der Waals surface area contributed by atoms with Gasteiger partial charge in [0.2, 0.25) is 0 Å². The van der Waals surface area contributed by atoms with Crippen LogP contribution in [0.15, 0.2) is 200 Å². The average molecular weight is 764 g/mol. The summed E-state index contributed by atoms with van der Waals surface area (Å²) < 4.78 is 9.56. The molecule has 0 aliphatic heterocycles. The number of nitrogens with zero attached hydrogens (tertiary/aromatic N) is 5. The maximum Gasteiger partial charge on any atom is 0.0999 e. The highest BCUT2D eigenvalue weighted by atomic mass is 15.0. The predicted molar refractivity (Wildman–Crippen MR) is 249 cm³/mol. The molecule has 60 heavy (non-hydrogen) atoms. The lowest BCUT2D eigenvalue weighted by atomic mass is 10.0. The van der Waals surface area contributed by atoms with E-state index in [1.54, 1.807) is 0 Å². The Balaban J connectivity index is 1.21. The van der Waals surface area contributed by atoms with Gasteiger partial charge in [0, 0.05) is 65.8 Å². The third-order valence-corrected chi connectivity index (χ3v) is 12.5. The van der Waals surface area contributed by atoms with Crippen molar-refractivity contribution in [1.29, 1.82) is 5.26 Å². The van der Waals surface area contributed by atoms with E-state index >= 15 is 0 Å². The number of aromatic nitrogens is 4. The summed E-state index contributed by atoms with van der Waals surface area (Å²) in [4.78, 5) is 0. The highest BCUT2D eigenvalue weighted by Crippen LogP contribution is 2.46. The molecule has 0 bridgehead atoms. The van der Waals surface area contributed by atoms with Crippen molar-refractivity contribution in [3.63, 3.8) is 0 Å². The molecule has 0 aliphatic carbocycles. The van der Waals surface area contributed by atoms with E-state index in [0.29, 0.717) is 5.56 Å². The average Bonchev–Trinajstić information content (AvgIpc) is 4.04. The van der Waals surface area contributed by atoms with Crippen LogP contribution < -0.4 is 0 Å². The van der Waals surface area contributed by atoms with Crippen LogP contribution in [0.1, 0.15) is 5.56 Å². The molecular formula is C55H33N5. The van der Waals surface area contributed by atoms with Crippen LogP contribution in [-0.4, -0.2) is 18.3 Å². The van der Waals surface area contributed by atoms with Crippen LogP contribution in [-0.2, 0) is 0 Å². The minimum atomic E-state index is 0.656. The molecule has 0 radical (unpaired) electrons. The van der Waals surface area contributed by atoms with E-state index < -0.39 is 0 Å². The van der Waals surface area contributed by atoms with Crippen molar-refractivity contribution in [2.24, 2.45) is 0 Å². The lowest BCUT2D eigenvalue weighted by Gasteiger charge is -2.11. The van der Waals surface area contributed by atoms with Gasteiger partial charge in [0.05, 0.1) is 55.8 Å². The molecule has 0 N–H and O–H groups in total. The van der Waals surface area contributed by atoms with Crippen LogP contribution in [0.5, 0.6) is 0 Å². The van der Waals surface area contributed by atoms with Gasteiger partial charge in [-0.3, -0.25) is 0 Å². The highest BCUT2D eigenvalue weighted by Gasteiger charge is 2.25. The van der Waals surface area contributed by atoms with E-state index in [1.807, 2.05) is 0 Å². The molecule has 0 saturated heterocycles. The fraction of sp³-hybridized carbons (Fsp3) is 0. The summed E-state index contributed by atoms with van der Waals surface area (Å²) >= 11 is 0. The van der Waals surface area contributed by atoms with Gasteiger partial charge in [0.15, 0.2) is 0 Å². The fourth-order valence-electron chi connectivity index (χ4n) is 10.2.